The molecule has 1 aliphatic heterocycles. The number of hydrogen-bond donors (Lipinski definition) is 1. The summed E-state index contributed by atoms with van der Waals surface area (Å²) in [5, 5.41) is 1.15. The largest absolute Gasteiger partial charge is 0.495 e. The van der Waals surface area contributed by atoms with E-state index in [2.05, 4.69) is 11.3 Å². The topological polar surface area (TPSA) is 92.8 Å². The van der Waals surface area contributed by atoms with E-state index in [4.69, 9.17) is 16.3 Å². The number of sulfonamides is 2. The number of rotatable bonds is 6. The van der Waals surface area contributed by atoms with Crippen molar-refractivity contribution in [2.75, 3.05) is 20.2 Å². The molecule has 1 N–H and O–H groups in total. The first-order valence-corrected chi connectivity index (χ1v) is 10.5. The molecule has 0 spiro atoms. The third kappa shape index (κ3) is 3.06. The maximum absolute atomic E-state index is 12.8. The van der Waals surface area contributed by atoms with Gasteiger partial charge < -0.3 is 4.74 Å². The predicted molar refractivity (Wildman–Crippen MR) is 89.8 cm³/mol. The number of piperidine rings is 1. The van der Waals surface area contributed by atoms with Crippen LogP contribution in [0.5, 0.6) is 5.75 Å². The molecule has 1 aromatic carbocycles. The van der Waals surface area contributed by atoms with E-state index >= 15 is 0 Å². The molecule has 7 nitrogen and oxygen atoms in total. The Morgan fingerprint density at radius 2 is 1.92 bits per heavy atom. The van der Waals surface area contributed by atoms with E-state index in [0.29, 0.717) is 5.02 Å². The van der Waals surface area contributed by atoms with Gasteiger partial charge in [0, 0.05) is 29.6 Å². The minimum absolute atomic E-state index is 0.0158. The van der Waals surface area contributed by atoms with Gasteiger partial charge in [-0.15, -0.1) is 0 Å². The molecule has 0 bridgehead atoms. The summed E-state index contributed by atoms with van der Waals surface area (Å²) in [5.74, 6) is 0.170. The molecule has 132 valence electrons. The molecule has 0 aromatic heterocycles. The van der Waals surface area contributed by atoms with Crippen molar-refractivity contribution >= 4 is 31.6 Å². The third-order valence-corrected chi connectivity index (χ3v) is 7.55. The summed E-state index contributed by atoms with van der Waals surface area (Å²) in [5.41, 5.74) is 0. The Labute approximate surface area is 146 Å². The summed E-state index contributed by atoms with van der Waals surface area (Å²) in [7, 11) is -5.87. The first kappa shape index (κ1) is 17.7. The van der Waals surface area contributed by atoms with Crippen LogP contribution in [0.3, 0.4) is 0 Å². The first-order chi connectivity index (χ1) is 11.2. The highest BCUT2D eigenvalue weighted by atomic mass is 35.5. The second kappa shape index (κ2) is 5.99. The van der Waals surface area contributed by atoms with Gasteiger partial charge in [-0.2, -0.15) is 4.31 Å². The van der Waals surface area contributed by atoms with Crippen molar-refractivity contribution in [3.05, 3.63) is 35.2 Å². The highest BCUT2D eigenvalue weighted by molar-refractivity contribution is 7.92. The van der Waals surface area contributed by atoms with Crippen molar-refractivity contribution in [1.82, 2.24) is 9.03 Å². The Balaban J connectivity index is 1.77. The van der Waals surface area contributed by atoms with Crippen LogP contribution >= 0.6 is 11.6 Å². The van der Waals surface area contributed by atoms with E-state index in [-0.39, 0.29) is 41.6 Å². The SMILES string of the molecule is C=CS(=O)(=O)NC1C2CN(S(=O)(=O)c3cc(Cl)ccc3OC)CC21. The van der Waals surface area contributed by atoms with E-state index in [1.165, 1.54) is 23.5 Å². The van der Waals surface area contributed by atoms with Crippen LogP contribution in [0.1, 0.15) is 0 Å². The molecule has 0 radical (unpaired) electrons. The van der Waals surface area contributed by atoms with Gasteiger partial charge in [-0.25, -0.2) is 21.6 Å². The van der Waals surface area contributed by atoms with Gasteiger partial charge in [0.1, 0.15) is 10.6 Å². The average molecular weight is 393 g/mol. The molecule has 2 atom stereocenters. The third-order valence-electron chi connectivity index (χ3n) is 4.42. The summed E-state index contributed by atoms with van der Waals surface area (Å²) in [6.45, 7) is 3.76. The highest BCUT2D eigenvalue weighted by Crippen LogP contribution is 2.48. The van der Waals surface area contributed by atoms with Crippen molar-refractivity contribution in [1.29, 1.82) is 0 Å². The van der Waals surface area contributed by atoms with Crippen molar-refractivity contribution < 1.29 is 21.6 Å². The zero-order valence-corrected chi connectivity index (χ0v) is 15.2. The van der Waals surface area contributed by atoms with Crippen LogP contribution in [0.2, 0.25) is 5.02 Å². The Morgan fingerprint density at radius 1 is 1.29 bits per heavy atom. The molecule has 1 saturated carbocycles. The molecule has 0 amide bonds. The van der Waals surface area contributed by atoms with Crippen molar-refractivity contribution in [2.45, 2.75) is 10.9 Å². The number of nitrogens with zero attached hydrogens (tertiary/aromatic N) is 1. The van der Waals surface area contributed by atoms with Crippen LogP contribution < -0.4 is 9.46 Å². The quantitative estimate of drug-likeness (QED) is 0.780. The van der Waals surface area contributed by atoms with E-state index in [1.54, 1.807) is 6.07 Å². The van der Waals surface area contributed by atoms with Crippen LogP contribution in [0.25, 0.3) is 0 Å². The lowest BCUT2D eigenvalue weighted by Crippen LogP contribution is -2.37. The average Bonchev–Trinajstić information content (AvgIpc) is 2.97. The zero-order chi connectivity index (χ0) is 17.7. The standard InChI is InChI=1S/C14H17ClN2O5S2/c1-3-23(18,19)16-14-10-7-17(8-11(10)14)24(20,21)13-6-9(15)4-5-12(13)22-2/h3-6,10-11,14,16H,1,7-8H2,2H3. The number of nitrogens with one attached hydrogen (secondary N) is 1. The van der Waals surface area contributed by atoms with E-state index in [9.17, 15) is 16.8 Å². The smallest absolute Gasteiger partial charge is 0.246 e. The first-order valence-electron chi connectivity index (χ1n) is 7.18. The Hall–Kier alpha value is -1.13. The lowest BCUT2D eigenvalue weighted by molar-refractivity contribution is 0.393. The maximum Gasteiger partial charge on any atom is 0.246 e. The molecule has 24 heavy (non-hydrogen) atoms. The van der Waals surface area contributed by atoms with Crippen molar-refractivity contribution in [2.24, 2.45) is 11.8 Å². The maximum atomic E-state index is 12.8. The van der Waals surface area contributed by atoms with Crippen LogP contribution in [-0.4, -0.2) is 47.4 Å². The van der Waals surface area contributed by atoms with Crippen LogP contribution in [0, 0.1) is 11.8 Å². The minimum Gasteiger partial charge on any atom is -0.495 e. The Bertz CT molecular complexity index is 872. The second-order valence-corrected chi connectivity index (χ2v) is 9.80. The monoisotopic (exact) mass is 392 g/mol. The lowest BCUT2D eigenvalue weighted by Gasteiger charge is -2.21. The van der Waals surface area contributed by atoms with Crippen LogP contribution in [0.15, 0.2) is 35.1 Å². The summed E-state index contributed by atoms with van der Waals surface area (Å²) >= 11 is 5.91. The normalized spacial score (nSPS) is 26.8. The number of fused-ring (bicyclic) bond motifs is 1. The molecule has 2 fully saturated rings. The molecule has 1 saturated heterocycles. The van der Waals surface area contributed by atoms with Crippen molar-refractivity contribution in [3.8, 4) is 5.75 Å². The number of hydrogen-bond acceptors (Lipinski definition) is 5. The fourth-order valence-corrected chi connectivity index (χ4v) is 5.85. The van der Waals surface area contributed by atoms with E-state index < -0.39 is 20.0 Å². The summed E-state index contributed by atoms with van der Waals surface area (Å²) in [6, 6.07) is 4.19. The molecule has 1 aliphatic carbocycles. The highest BCUT2D eigenvalue weighted by Gasteiger charge is 2.59. The molecular weight excluding hydrogens is 376 g/mol. The number of methoxy groups -OCH3 is 1. The van der Waals surface area contributed by atoms with Gasteiger partial charge in [-0.1, -0.05) is 18.2 Å². The van der Waals surface area contributed by atoms with Crippen LogP contribution in [-0.2, 0) is 20.0 Å². The van der Waals surface area contributed by atoms with Gasteiger partial charge in [0.2, 0.25) is 20.0 Å². The molecule has 10 heteroatoms. The van der Waals surface area contributed by atoms with Crippen LogP contribution in [0.4, 0.5) is 0 Å². The van der Waals surface area contributed by atoms with Gasteiger partial charge in [-0.05, 0) is 30.0 Å². The second-order valence-electron chi connectivity index (χ2n) is 5.80. The predicted octanol–water partition coefficient (Wildman–Crippen LogP) is 1.03. The van der Waals surface area contributed by atoms with Gasteiger partial charge in [0.15, 0.2) is 0 Å². The summed E-state index contributed by atoms with van der Waals surface area (Å²) in [6.07, 6.45) is 0. The van der Waals surface area contributed by atoms with E-state index in [1.807, 2.05) is 0 Å². The number of ether oxygens (including phenoxy) is 1. The fraction of sp³-hybridized carbons (Fsp3) is 0.429. The molecule has 2 unspecified atom stereocenters. The molecule has 3 rings (SSSR count). The Morgan fingerprint density at radius 3 is 2.46 bits per heavy atom. The molecule has 1 heterocycles. The summed E-state index contributed by atoms with van der Waals surface area (Å²) in [4.78, 5) is 0.0158. The van der Waals surface area contributed by atoms with Gasteiger partial charge >= 0.3 is 0 Å². The van der Waals surface area contributed by atoms with Gasteiger partial charge in [-0.3, -0.25) is 0 Å². The zero-order valence-electron chi connectivity index (χ0n) is 12.8. The number of halogens is 1. The van der Waals surface area contributed by atoms with Gasteiger partial charge in [0.25, 0.3) is 0 Å². The lowest BCUT2D eigenvalue weighted by atomic mass is 10.3. The summed E-state index contributed by atoms with van der Waals surface area (Å²) < 4.78 is 57.6. The number of benzene rings is 1. The Kier molecular flexibility index (Phi) is 4.42. The van der Waals surface area contributed by atoms with Gasteiger partial charge in [0.05, 0.1) is 7.11 Å². The molecule has 1 aromatic rings. The fourth-order valence-electron chi connectivity index (χ4n) is 3.09. The molecular formula is C14H17ClN2O5S2. The minimum atomic E-state index is -3.75. The van der Waals surface area contributed by atoms with E-state index in [0.717, 1.165) is 5.41 Å². The van der Waals surface area contributed by atoms with Crippen molar-refractivity contribution in [3.63, 3.8) is 0 Å². The molecule has 2 aliphatic rings.